The van der Waals surface area contributed by atoms with Crippen molar-refractivity contribution in [1.29, 1.82) is 5.26 Å². The molecule has 102 valence electrons. The number of carbonyl (C=O) groups excluding carboxylic acids is 1. The molecule has 1 rings (SSSR count). The number of urea groups is 1. The van der Waals surface area contributed by atoms with Crippen LogP contribution >= 0.6 is 0 Å². The summed E-state index contributed by atoms with van der Waals surface area (Å²) in [6.07, 6.45) is 0.258. The highest BCUT2D eigenvalue weighted by molar-refractivity contribution is 5.90. The summed E-state index contributed by atoms with van der Waals surface area (Å²) in [5, 5.41) is 23.5. The Hall–Kier alpha value is -2.06. The molecule has 0 fully saturated rings. The van der Waals surface area contributed by atoms with E-state index in [0.29, 0.717) is 24.2 Å². The van der Waals surface area contributed by atoms with Crippen molar-refractivity contribution in [3.8, 4) is 6.07 Å². The van der Waals surface area contributed by atoms with Gasteiger partial charge in [-0.05, 0) is 31.4 Å². The second-order valence-electron chi connectivity index (χ2n) is 4.68. The number of nitrogens with zero attached hydrogens (tertiary/aromatic N) is 1. The van der Waals surface area contributed by atoms with Crippen molar-refractivity contribution < 1.29 is 9.90 Å². The number of carbonyl (C=O) groups is 1. The zero-order chi connectivity index (χ0) is 14.3. The van der Waals surface area contributed by atoms with E-state index in [-0.39, 0.29) is 18.1 Å². The number of aliphatic hydroxyl groups is 1. The predicted octanol–water partition coefficient (Wildman–Crippen LogP) is 2.09. The lowest BCUT2D eigenvalue weighted by molar-refractivity contribution is 0.163. The summed E-state index contributed by atoms with van der Waals surface area (Å²) in [4.78, 5) is 11.7. The van der Waals surface area contributed by atoms with Crippen molar-refractivity contribution in [2.75, 3.05) is 11.9 Å². The van der Waals surface area contributed by atoms with Crippen molar-refractivity contribution in [3.05, 3.63) is 29.8 Å². The second-order valence-corrected chi connectivity index (χ2v) is 4.68. The fourth-order valence-corrected chi connectivity index (χ4v) is 1.79. The van der Waals surface area contributed by atoms with Crippen LogP contribution in [0.1, 0.15) is 25.8 Å². The van der Waals surface area contributed by atoms with E-state index in [9.17, 15) is 9.90 Å². The minimum atomic E-state index is -0.376. The predicted molar refractivity (Wildman–Crippen MR) is 73.6 cm³/mol. The molecular weight excluding hydrogens is 242 g/mol. The molecule has 0 saturated heterocycles. The number of rotatable bonds is 5. The van der Waals surface area contributed by atoms with Crippen molar-refractivity contribution in [3.63, 3.8) is 0 Å². The van der Waals surface area contributed by atoms with Crippen LogP contribution in [0.15, 0.2) is 24.3 Å². The number of nitrogens with one attached hydrogen (secondary N) is 2. The van der Waals surface area contributed by atoms with Crippen molar-refractivity contribution in [2.45, 2.75) is 26.4 Å². The molecule has 1 aromatic rings. The van der Waals surface area contributed by atoms with E-state index in [4.69, 9.17) is 5.26 Å². The van der Waals surface area contributed by atoms with Gasteiger partial charge in [0.25, 0.3) is 0 Å². The number of anilines is 1. The monoisotopic (exact) mass is 261 g/mol. The zero-order valence-electron chi connectivity index (χ0n) is 11.2. The molecule has 3 N–H and O–H groups in total. The lowest BCUT2D eigenvalue weighted by atomic mass is 10.1. The Bertz CT molecular complexity index is 466. The van der Waals surface area contributed by atoms with Gasteiger partial charge in [0, 0.05) is 6.54 Å². The topological polar surface area (TPSA) is 85.2 Å². The van der Waals surface area contributed by atoms with Crippen LogP contribution in [0.2, 0.25) is 0 Å². The molecule has 0 heterocycles. The normalized spacial score (nSPS) is 13.2. The first-order valence-corrected chi connectivity index (χ1v) is 6.25. The Morgan fingerprint density at radius 3 is 2.74 bits per heavy atom. The molecule has 0 aromatic heterocycles. The molecule has 2 unspecified atom stereocenters. The highest BCUT2D eigenvalue weighted by Gasteiger charge is 2.09. The van der Waals surface area contributed by atoms with E-state index in [1.165, 1.54) is 0 Å². The standard InChI is InChI=1S/C14H19N3O2/c1-10(7-11(2)18)9-16-14(19)17-13-6-4-3-5-12(13)8-15/h3-6,10-11,18H,7,9H2,1-2H3,(H2,16,17,19). The fraction of sp³-hybridized carbons (Fsp3) is 0.429. The lowest BCUT2D eigenvalue weighted by Crippen LogP contribution is -2.33. The van der Waals surface area contributed by atoms with E-state index in [0.717, 1.165) is 0 Å². The number of para-hydroxylation sites is 1. The Balaban J connectivity index is 2.46. The van der Waals surface area contributed by atoms with Crippen molar-refractivity contribution >= 4 is 11.7 Å². The maximum Gasteiger partial charge on any atom is 0.319 e. The summed E-state index contributed by atoms with van der Waals surface area (Å²) in [6.45, 7) is 4.15. The largest absolute Gasteiger partial charge is 0.393 e. The van der Waals surface area contributed by atoms with Crippen LogP contribution in [0.4, 0.5) is 10.5 Å². The zero-order valence-corrected chi connectivity index (χ0v) is 11.2. The van der Waals surface area contributed by atoms with Gasteiger partial charge in [-0.3, -0.25) is 0 Å². The maximum atomic E-state index is 11.7. The van der Waals surface area contributed by atoms with Gasteiger partial charge in [0.05, 0.1) is 17.4 Å². The molecule has 0 aliphatic rings. The molecule has 19 heavy (non-hydrogen) atoms. The van der Waals surface area contributed by atoms with Crippen LogP contribution in [0.25, 0.3) is 0 Å². The van der Waals surface area contributed by atoms with Crippen LogP contribution < -0.4 is 10.6 Å². The highest BCUT2D eigenvalue weighted by atomic mass is 16.3. The number of nitriles is 1. The van der Waals surface area contributed by atoms with E-state index < -0.39 is 0 Å². The smallest absolute Gasteiger partial charge is 0.319 e. The molecular formula is C14H19N3O2. The lowest BCUT2D eigenvalue weighted by Gasteiger charge is -2.15. The first kappa shape index (κ1) is 15.0. The summed E-state index contributed by atoms with van der Waals surface area (Å²) in [7, 11) is 0. The van der Waals surface area contributed by atoms with Gasteiger partial charge in [-0.25, -0.2) is 4.79 Å². The fourth-order valence-electron chi connectivity index (χ4n) is 1.79. The van der Waals surface area contributed by atoms with Gasteiger partial charge in [-0.2, -0.15) is 5.26 Å². The van der Waals surface area contributed by atoms with E-state index in [1.54, 1.807) is 31.2 Å². The van der Waals surface area contributed by atoms with Crippen LogP contribution in [0.5, 0.6) is 0 Å². The van der Waals surface area contributed by atoms with Gasteiger partial charge in [-0.15, -0.1) is 0 Å². The Labute approximate surface area is 113 Å². The Morgan fingerprint density at radius 2 is 2.11 bits per heavy atom. The third-order valence-electron chi connectivity index (χ3n) is 2.65. The Kier molecular flexibility index (Phi) is 5.83. The summed E-state index contributed by atoms with van der Waals surface area (Å²) < 4.78 is 0. The summed E-state index contributed by atoms with van der Waals surface area (Å²) in [5.41, 5.74) is 0.917. The highest BCUT2D eigenvalue weighted by Crippen LogP contribution is 2.13. The third-order valence-corrected chi connectivity index (χ3v) is 2.65. The summed E-state index contributed by atoms with van der Waals surface area (Å²) >= 11 is 0. The second kappa shape index (κ2) is 7.39. The van der Waals surface area contributed by atoms with E-state index in [1.807, 2.05) is 13.0 Å². The van der Waals surface area contributed by atoms with Gasteiger partial charge in [0.15, 0.2) is 0 Å². The number of hydrogen-bond donors (Lipinski definition) is 3. The number of benzene rings is 1. The SMILES string of the molecule is CC(O)CC(C)CNC(=O)Nc1ccccc1C#N. The van der Waals surface area contributed by atoms with Gasteiger partial charge in [0.1, 0.15) is 6.07 Å². The van der Waals surface area contributed by atoms with E-state index >= 15 is 0 Å². The molecule has 0 spiro atoms. The van der Waals surface area contributed by atoms with Crippen LogP contribution in [-0.4, -0.2) is 23.8 Å². The molecule has 5 nitrogen and oxygen atoms in total. The molecule has 2 atom stereocenters. The first-order chi connectivity index (χ1) is 9.02. The van der Waals surface area contributed by atoms with Crippen LogP contribution in [-0.2, 0) is 0 Å². The molecule has 1 aromatic carbocycles. The van der Waals surface area contributed by atoms with E-state index in [2.05, 4.69) is 10.6 Å². The van der Waals surface area contributed by atoms with Crippen molar-refractivity contribution in [1.82, 2.24) is 5.32 Å². The molecule has 2 amide bonds. The third kappa shape index (κ3) is 5.40. The summed E-state index contributed by atoms with van der Waals surface area (Å²) in [6, 6.07) is 8.49. The molecule has 0 saturated carbocycles. The maximum absolute atomic E-state index is 11.7. The number of amides is 2. The quantitative estimate of drug-likeness (QED) is 0.758. The van der Waals surface area contributed by atoms with Gasteiger partial charge < -0.3 is 15.7 Å². The van der Waals surface area contributed by atoms with Gasteiger partial charge in [-0.1, -0.05) is 19.1 Å². The van der Waals surface area contributed by atoms with Gasteiger partial charge in [0.2, 0.25) is 0 Å². The van der Waals surface area contributed by atoms with Crippen LogP contribution in [0, 0.1) is 17.2 Å². The molecule has 0 aliphatic carbocycles. The molecule has 0 radical (unpaired) electrons. The first-order valence-electron chi connectivity index (χ1n) is 6.25. The minimum Gasteiger partial charge on any atom is -0.393 e. The minimum absolute atomic E-state index is 0.192. The molecule has 0 bridgehead atoms. The van der Waals surface area contributed by atoms with Gasteiger partial charge >= 0.3 is 6.03 Å². The summed E-state index contributed by atoms with van der Waals surface area (Å²) in [5.74, 6) is 0.192. The molecule has 0 aliphatic heterocycles. The number of aliphatic hydroxyl groups excluding tert-OH is 1. The average Bonchev–Trinajstić information content (AvgIpc) is 2.36. The van der Waals surface area contributed by atoms with Crippen molar-refractivity contribution in [2.24, 2.45) is 5.92 Å². The van der Waals surface area contributed by atoms with Crippen LogP contribution in [0.3, 0.4) is 0 Å². The molecule has 5 heteroatoms. The average molecular weight is 261 g/mol. The number of hydrogen-bond acceptors (Lipinski definition) is 3. The Morgan fingerprint density at radius 1 is 1.42 bits per heavy atom.